The van der Waals surface area contributed by atoms with E-state index in [-0.39, 0.29) is 36.7 Å². The number of halogens is 3. The molecule has 1 aliphatic heterocycles. The smallest absolute Gasteiger partial charge is 0.128 e. The summed E-state index contributed by atoms with van der Waals surface area (Å²) >= 11 is 0. The Hall–Kier alpha value is -0.550. The average Bonchev–Trinajstić information content (AvgIpc) is 2.53. The predicted octanol–water partition coefficient (Wildman–Crippen LogP) is 4.20. The van der Waals surface area contributed by atoms with Crippen LogP contribution in [0.25, 0.3) is 0 Å². The topological polar surface area (TPSA) is 24.5 Å². The molecule has 6 heteroatoms. The number of hydrogen-bond donors (Lipinski definition) is 1. The van der Waals surface area contributed by atoms with Gasteiger partial charge < -0.3 is 10.1 Å². The molecule has 1 atom stereocenters. The van der Waals surface area contributed by atoms with Crippen LogP contribution in [0.1, 0.15) is 44.2 Å². The zero-order chi connectivity index (χ0) is 15.1. The van der Waals surface area contributed by atoms with Crippen LogP contribution in [0, 0.1) is 5.82 Å². The van der Waals surface area contributed by atoms with Gasteiger partial charge in [0.1, 0.15) is 11.6 Å². The molecule has 0 spiro atoms. The monoisotopic (exact) mass is 366 g/mol. The largest absolute Gasteiger partial charge is 0.497 e. The molecule has 0 saturated carbocycles. The maximum Gasteiger partial charge on any atom is 0.128 e. The van der Waals surface area contributed by atoms with Gasteiger partial charge in [-0.1, -0.05) is 26.2 Å². The predicted molar refractivity (Wildman–Crippen MR) is 98.8 cm³/mol. The minimum absolute atomic E-state index is 0. The summed E-state index contributed by atoms with van der Waals surface area (Å²) in [5, 5.41) is 3.37. The van der Waals surface area contributed by atoms with Gasteiger partial charge in [0, 0.05) is 37.8 Å². The minimum atomic E-state index is -0.115. The maximum atomic E-state index is 14.3. The lowest BCUT2D eigenvalue weighted by molar-refractivity contribution is 0.159. The van der Waals surface area contributed by atoms with E-state index in [2.05, 4.69) is 17.1 Å². The molecule has 1 saturated heterocycles. The normalized spacial score (nSPS) is 16.1. The Morgan fingerprint density at radius 1 is 1.22 bits per heavy atom. The van der Waals surface area contributed by atoms with Crippen molar-refractivity contribution in [3.63, 3.8) is 0 Å². The molecule has 0 unspecified atom stereocenters. The summed E-state index contributed by atoms with van der Waals surface area (Å²) in [6, 6.07) is 5.25. The Labute approximate surface area is 151 Å². The van der Waals surface area contributed by atoms with Crippen molar-refractivity contribution < 1.29 is 9.13 Å². The van der Waals surface area contributed by atoms with Crippen molar-refractivity contribution >= 4 is 24.8 Å². The summed E-state index contributed by atoms with van der Waals surface area (Å²) in [6.45, 7) is 6.12. The van der Waals surface area contributed by atoms with Crippen LogP contribution in [0.2, 0.25) is 0 Å². The Balaban J connectivity index is 0.00000242. The number of methoxy groups -OCH3 is 1. The van der Waals surface area contributed by atoms with Crippen LogP contribution < -0.4 is 10.1 Å². The van der Waals surface area contributed by atoms with Crippen LogP contribution in [0.5, 0.6) is 5.75 Å². The van der Waals surface area contributed by atoms with Crippen molar-refractivity contribution in [2.45, 2.75) is 38.6 Å². The van der Waals surface area contributed by atoms with E-state index in [1.165, 1.54) is 18.9 Å². The summed E-state index contributed by atoms with van der Waals surface area (Å²) in [7, 11) is 1.63. The van der Waals surface area contributed by atoms with Crippen molar-refractivity contribution in [1.82, 2.24) is 10.2 Å². The van der Waals surface area contributed by atoms with Gasteiger partial charge in [-0.2, -0.15) is 0 Å². The summed E-state index contributed by atoms with van der Waals surface area (Å²) in [5.41, 5.74) is 0.785. The van der Waals surface area contributed by atoms with Gasteiger partial charge in [0.15, 0.2) is 0 Å². The molecule has 0 aliphatic carbocycles. The number of nitrogens with one attached hydrogen (secondary N) is 1. The molecule has 1 aromatic rings. The Kier molecular flexibility index (Phi) is 11.6. The van der Waals surface area contributed by atoms with Gasteiger partial charge in [-0.05, 0) is 24.6 Å². The van der Waals surface area contributed by atoms with E-state index in [0.29, 0.717) is 0 Å². The number of ether oxygens (including phenoxy) is 1. The van der Waals surface area contributed by atoms with Crippen LogP contribution in [0.15, 0.2) is 18.2 Å². The third-order valence-electron chi connectivity index (χ3n) is 4.24. The molecule has 0 bridgehead atoms. The third kappa shape index (κ3) is 6.46. The second-order valence-corrected chi connectivity index (χ2v) is 5.68. The molecule has 0 amide bonds. The van der Waals surface area contributed by atoms with Crippen LogP contribution in [0.3, 0.4) is 0 Å². The standard InChI is InChI=1S/C17H27FN2O.2ClH/c1-3-4-5-6-17(20-11-9-19-10-12-20)15-13-14(21-2)7-8-16(15)18;;/h7-8,13,17,19H,3-6,9-12H2,1-2H3;2*1H/t17-;;/m0../s1. The SMILES string of the molecule is CCCCC[C@@H](c1cc(OC)ccc1F)N1CCNCC1.Cl.Cl. The summed E-state index contributed by atoms with van der Waals surface area (Å²) in [6.07, 6.45) is 4.54. The van der Waals surface area contributed by atoms with Crippen molar-refractivity contribution in [3.05, 3.63) is 29.6 Å². The fraction of sp³-hybridized carbons (Fsp3) is 0.647. The fourth-order valence-electron chi connectivity index (χ4n) is 3.02. The highest BCUT2D eigenvalue weighted by atomic mass is 35.5. The van der Waals surface area contributed by atoms with Gasteiger partial charge in [0.2, 0.25) is 0 Å². The van der Waals surface area contributed by atoms with Crippen LogP contribution in [0.4, 0.5) is 4.39 Å². The molecular weight excluding hydrogens is 338 g/mol. The summed E-state index contributed by atoms with van der Waals surface area (Å²) < 4.78 is 19.6. The first-order valence-electron chi connectivity index (χ1n) is 8.04. The maximum absolute atomic E-state index is 14.3. The summed E-state index contributed by atoms with van der Waals surface area (Å²) in [5.74, 6) is 0.623. The number of nitrogens with zero attached hydrogens (tertiary/aromatic N) is 1. The van der Waals surface area contributed by atoms with E-state index in [0.717, 1.165) is 50.3 Å². The van der Waals surface area contributed by atoms with Crippen molar-refractivity contribution in [2.75, 3.05) is 33.3 Å². The van der Waals surface area contributed by atoms with Crippen molar-refractivity contribution in [1.29, 1.82) is 0 Å². The number of rotatable bonds is 7. The zero-order valence-electron chi connectivity index (χ0n) is 14.0. The van der Waals surface area contributed by atoms with E-state index < -0.39 is 0 Å². The number of hydrogen-bond acceptors (Lipinski definition) is 3. The summed E-state index contributed by atoms with van der Waals surface area (Å²) in [4.78, 5) is 2.41. The van der Waals surface area contributed by atoms with E-state index in [1.54, 1.807) is 13.2 Å². The molecule has 1 aliphatic rings. The molecule has 1 N–H and O–H groups in total. The van der Waals surface area contributed by atoms with E-state index in [1.807, 2.05) is 6.07 Å². The number of unbranched alkanes of at least 4 members (excludes halogenated alkanes) is 2. The first-order chi connectivity index (χ1) is 10.3. The molecule has 0 aromatic heterocycles. The number of benzene rings is 1. The second kappa shape index (κ2) is 11.9. The quantitative estimate of drug-likeness (QED) is 0.731. The van der Waals surface area contributed by atoms with Crippen LogP contribution in [-0.4, -0.2) is 38.2 Å². The Morgan fingerprint density at radius 2 is 1.91 bits per heavy atom. The van der Waals surface area contributed by atoms with Crippen molar-refractivity contribution in [2.24, 2.45) is 0 Å². The lowest BCUT2D eigenvalue weighted by Gasteiger charge is -2.35. The Morgan fingerprint density at radius 3 is 2.52 bits per heavy atom. The van der Waals surface area contributed by atoms with Crippen molar-refractivity contribution in [3.8, 4) is 5.75 Å². The zero-order valence-corrected chi connectivity index (χ0v) is 15.6. The molecule has 2 rings (SSSR count). The highest BCUT2D eigenvalue weighted by Crippen LogP contribution is 2.31. The average molecular weight is 367 g/mol. The lowest BCUT2D eigenvalue weighted by atomic mass is 9.97. The first-order valence-corrected chi connectivity index (χ1v) is 8.04. The van der Waals surface area contributed by atoms with E-state index in [4.69, 9.17) is 4.74 Å². The fourth-order valence-corrected chi connectivity index (χ4v) is 3.02. The Bertz CT molecular complexity index is 443. The molecule has 134 valence electrons. The molecule has 1 fully saturated rings. The molecule has 0 radical (unpaired) electrons. The van der Waals surface area contributed by atoms with Gasteiger partial charge in [0.25, 0.3) is 0 Å². The van der Waals surface area contributed by atoms with Gasteiger partial charge in [-0.15, -0.1) is 24.8 Å². The molecule has 23 heavy (non-hydrogen) atoms. The highest BCUT2D eigenvalue weighted by Gasteiger charge is 2.24. The second-order valence-electron chi connectivity index (χ2n) is 5.68. The molecule has 1 aromatic carbocycles. The van der Waals surface area contributed by atoms with Gasteiger partial charge in [-0.25, -0.2) is 4.39 Å². The molecular formula is C17H29Cl2FN2O. The van der Waals surface area contributed by atoms with E-state index in [9.17, 15) is 4.39 Å². The first kappa shape index (κ1) is 22.4. The highest BCUT2D eigenvalue weighted by molar-refractivity contribution is 5.85. The number of piperazine rings is 1. The van der Waals surface area contributed by atoms with Crippen LogP contribution >= 0.6 is 24.8 Å². The van der Waals surface area contributed by atoms with E-state index >= 15 is 0 Å². The molecule has 3 nitrogen and oxygen atoms in total. The lowest BCUT2D eigenvalue weighted by Crippen LogP contribution is -2.45. The molecule has 1 heterocycles. The third-order valence-corrected chi connectivity index (χ3v) is 4.24. The van der Waals surface area contributed by atoms with Gasteiger partial charge >= 0.3 is 0 Å². The minimum Gasteiger partial charge on any atom is -0.497 e. The van der Waals surface area contributed by atoms with Crippen LogP contribution in [-0.2, 0) is 0 Å². The van der Waals surface area contributed by atoms with Gasteiger partial charge in [0.05, 0.1) is 7.11 Å². The van der Waals surface area contributed by atoms with Gasteiger partial charge in [-0.3, -0.25) is 4.90 Å².